The second-order valence-corrected chi connectivity index (χ2v) is 6.10. The number of anilines is 1. The minimum Gasteiger partial charge on any atom is -0.478 e. The Balaban J connectivity index is 1.80. The van der Waals surface area contributed by atoms with Crippen molar-refractivity contribution in [2.75, 3.05) is 18.0 Å². The zero-order chi connectivity index (χ0) is 13.4. The zero-order valence-corrected chi connectivity index (χ0v) is 11.4. The Bertz CT molecular complexity index is 476. The second-order valence-electron chi connectivity index (χ2n) is 6.10. The van der Waals surface area contributed by atoms with Gasteiger partial charge in [0, 0.05) is 18.8 Å². The van der Waals surface area contributed by atoms with Gasteiger partial charge < -0.3 is 10.0 Å². The van der Waals surface area contributed by atoms with E-state index in [1.165, 1.54) is 31.4 Å². The first-order valence-electron chi connectivity index (χ1n) is 7.22. The van der Waals surface area contributed by atoms with Gasteiger partial charge in [0.2, 0.25) is 0 Å². The maximum atomic E-state index is 11.0. The fraction of sp³-hybridized carbons (Fsp3) is 0.562. The van der Waals surface area contributed by atoms with Gasteiger partial charge in [-0.2, -0.15) is 0 Å². The molecule has 3 nitrogen and oxygen atoms in total. The molecule has 0 bridgehead atoms. The van der Waals surface area contributed by atoms with Crippen LogP contribution in [0, 0.1) is 18.8 Å². The lowest BCUT2D eigenvalue weighted by atomic mass is 10.1. The number of hydrogen-bond acceptors (Lipinski definition) is 2. The fourth-order valence-electron chi connectivity index (χ4n) is 2.64. The summed E-state index contributed by atoms with van der Waals surface area (Å²) in [5.74, 6) is 0.875. The molecular formula is C16H21NO2. The molecule has 1 aromatic rings. The normalized spacial score (nSPS) is 18.4. The molecule has 1 aromatic carbocycles. The fourth-order valence-corrected chi connectivity index (χ4v) is 2.64. The number of aryl methyl sites for hydroxylation is 1. The predicted octanol–water partition coefficient (Wildman–Crippen LogP) is 3.32. The molecule has 0 unspecified atom stereocenters. The highest BCUT2D eigenvalue weighted by molar-refractivity contribution is 5.88. The van der Waals surface area contributed by atoms with Crippen LogP contribution in [0.2, 0.25) is 0 Å². The molecule has 2 saturated carbocycles. The van der Waals surface area contributed by atoms with Crippen molar-refractivity contribution in [2.24, 2.45) is 11.8 Å². The zero-order valence-electron chi connectivity index (χ0n) is 11.4. The van der Waals surface area contributed by atoms with Crippen LogP contribution in [0.5, 0.6) is 0 Å². The molecule has 0 aliphatic heterocycles. The SMILES string of the molecule is Cc1cc(C(=O)O)ccc1N(CC1CC1)CC1CC1. The summed E-state index contributed by atoms with van der Waals surface area (Å²) < 4.78 is 0. The molecule has 2 fully saturated rings. The molecule has 3 rings (SSSR count). The van der Waals surface area contributed by atoms with Crippen LogP contribution in [-0.2, 0) is 0 Å². The van der Waals surface area contributed by atoms with Gasteiger partial charge >= 0.3 is 5.97 Å². The standard InChI is InChI=1S/C16H21NO2/c1-11-8-14(16(18)19)6-7-15(11)17(9-12-2-3-12)10-13-4-5-13/h6-8,12-13H,2-5,9-10H2,1H3,(H,18,19). The lowest BCUT2D eigenvalue weighted by Gasteiger charge is -2.26. The molecule has 19 heavy (non-hydrogen) atoms. The Hall–Kier alpha value is -1.51. The summed E-state index contributed by atoms with van der Waals surface area (Å²) in [6.45, 7) is 4.31. The quantitative estimate of drug-likeness (QED) is 0.852. The van der Waals surface area contributed by atoms with E-state index in [4.69, 9.17) is 5.11 Å². The predicted molar refractivity (Wildman–Crippen MR) is 75.8 cm³/mol. The molecule has 102 valence electrons. The van der Waals surface area contributed by atoms with E-state index in [1.807, 2.05) is 13.0 Å². The molecular weight excluding hydrogens is 238 g/mol. The van der Waals surface area contributed by atoms with E-state index in [0.717, 1.165) is 30.5 Å². The molecule has 0 atom stereocenters. The topological polar surface area (TPSA) is 40.5 Å². The van der Waals surface area contributed by atoms with Crippen LogP contribution in [0.1, 0.15) is 41.6 Å². The number of nitrogens with zero attached hydrogens (tertiary/aromatic N) is 1. The Labute approximate surface area is 114 Å². The van der Waals surface area contributed by atoms with Crippen LogP contribution in [0.3, 0.4) is 0 Å². The number of benzene rings is 1. The lowest BCUT2D eigenvalue weighted by molar-refractivity contribution is 0.0697. The van der Waals surface area contributed by atoms with Crippen molar-refractivity contribution in [1.29, 1.82) is 0 Å². The van der Waals surface area contributed by atoms with E-state index in [0.29, 0.717) is 5.56 Å². The van der Waals surface area contributed by atoms with Crippen molar-refractivity contribution in [3.8, 4) is 0 Å². The number of carboxylic acids is 1. The van der Waals surface area contributed by atoms with E-state index in [2.05, 4.69) is 4.90 Å². The smallest absolute Gasteiger partial charge is 0.335 e. The summed E-state index contributed by atoms with van der Waals surface area (Å²) >= 11 is 0. The highest BCUT2D eigenvalue weighted by Gasteiger charge is 2.29. The second kappa shape index (κ2) is 4.87. The molecule has 0 aromatic heterocycles. The molecule has 0 saturated heterocycles. The van der Waals surface area contributed by atoms with E-state index in [9.17, 15) is 4.79 Å². The van der Waals surface area contributed by atoms with Gasteiger partial charge in [0.1, 0.15) is 0 Å². The Kier molecular flexibility index (Phi) is 3.21. The Morgan fingerprint density at radius 1 is 1.21 bits per heavy atom. The van der Waals surface area contributed by atoms with Gasteiger partial charge in [-0.05, 0) is 68.2 Å². The highest BCUT2D eigenvalue weighted by Crippen LogP contribution is 2.36. The third-order valence-corrected chi connectivity index (χ3v) is 4.14. The molecule has 1 N–H and O–H groups in total. The summed E-state index contributed by atoms with van der Waals surface area (Å²) in [4.78, 5) is 13.5. The van der Waals surface area contributed by atoms with Gasteiger partial charge in [0.15, 0.2) is 0 Å². The summed E-state index contributed by atoms with van der Waals surface area (Å²) in [5.41, 5.74) is 2.70. The summed E-state index contributed by atoms with van der Waals surface area (Å²) in [5, 5.41) is 9.04. The van der Waals surface area contributed by atoms with E-state index in [1.54, 1.807) is 12.1 Å². The van der Waals surface area contributed by atoms with Crippen molar-refractivity contribution < 1.29 is 9.90 Å². The first kappa shape index (κ1) is 12.5. The van der Waals surface area contributed by atoms with Crippen molar-refractivity contribution in [2.45, 2.75) is 32.6 Å². The molecule has 2 aliphatic carbocycles. The molecule has 0 spiro atoms. The number of aromatic carboxylic acids is 1. The van der Waals surface area contributed by atoms with Crippen molar-refractivity contribution in [3.63, 3.8) is 0 Å². The monoisotopic (exact) mass is 259 g/mol. The minimum absolute atomic E-state index is 0.388. The van der Waals surface area contributed by atoms with Crippen molar-refractivity contribution >= 4 is 11.7 Å². The third-order valence-electron chi connectivity index (χ3n) is 4.14. The molecule has 3 heteroatoms. The maximum Gasteiger partial charge on any atom is 0.335 e. The van der Waals surface area contributed by atoms with Crippen LogP contribution in [0.25, 0.3) is 0 Å². The Morgan fingerprint density at radius 2 is 1.79 bits per heavy atom. The maximum absolute atomic E-state index is 11.0. The average molecular weight is 259 g/mol. The number of carboxylic acid groups (broad SMARTS) is 1. The van der Waals surface area contributed by atoms with Crippen LogP contribution in [-0.4, -0.2) is 24.2 Å². The van der Waals surface area contributed by atoms with Gasteiger partial charge in [0.05, 0.1) is 5.56 Å². The van der Waals surface area contributed by atoms with Crippen molar-refractivity contribution in [3.05, 3.63) is 29.3 Å². The third kappa shape index (κ3) is 3.09. The first-order valence-corrected chi connectivity index (χ1v) is 7.22. The van der Waals surface area contributed by atoms with E-state index >= 15 is 0 Å². The molecule has 2 aliphatic rings. The minimum atomic E-state index is -0.842. The molecule has 0 heterocycles. The van der Waals surface area contributed by atoms with Crippen LogP contribution >= 0.6 is 0 Å². The Morgan fingerprint density at radius 3 is 2.21 bits per heavy atom. The van der Waals surface area contributed by atoms with Crippen LogP contribution in [0.15, 0.2) is 18.2 Å². The summed E-state index contributed by atoms with van der Waals surface area (Å²) in [6, 6.07) is 5.52. The van der Waals surface area contributed by atoms with Gasteiger partial charge in [-0.15, -0.1) is 0 Å². The van der Waals surface area contributed by atoms with Gasteiger partial charge in [-0.1, -0.05) is 0 Å². The average Bonchev–Trinajstić information content (AvgIpc) is 3.23. The van der Waals surface area contributed by atoms with Gasteiger partial charge in [-0.25, -0.2) is 4.79 Å². The van der Waals surface area contributed by atoms with Gasteiger partial charge in [0.25, 0.3) is 0 Å². The summed E-state index contributed by atoms with van der Waals surface area (Å²) in [7, 11) is 0. The van der Waals surface area contributed by atoms with Gasteiger partial charge in [-0.3, -0.25) is 0 Å². The molecule has 0 amide bonds. The summed E-state index contributed by atoms with van der Waals surface area (Å²) in [6.07, 6.45) is 5.42. The van der Waals surface area contributed by atoms with E-state index < -0.39 is 5.97 Å². The first-order chi connectivity index (χ1) is 9.13. The van der Waals surface area contributed by atoms with Crippen LogP contribution in [0.4, 0.5) is 5.69 Å². The largest absolute Gasteiger partial charge is 0.478 e. The van der Waals surface area contributed by atoms with Crippen LogP contribution < -0.4 is 4.90 Å². The number of hydrogen-bond donors (Lipinski definition) is 1. The van der Waals surface area contributed by atoms with Crippen molar-refractivity contribution in [1.82, 2.24) is 0 Å². The van der Waals surface area contributed by atoms with E-state index in [-0.39, 0.29) is 0 Å². The number of carbonyl (C=O) groups is 1. The number of rotatable bonds is 6. The lowest BCUT2D eigenvalue weighted by Crippen LogP contribution is -2.28. The highest BCUT2D eigenvalue weighted by atomic mass is 16.4. The molecule has 0 radical (unpaired) electrons.